The van der Waals surface area contributed by atoms with Gasteiger partial charge in [-0.25, -0.2) is 4.79 Å². The summed E-state index contributed by atoms with van der Waals surface area (Å²) in [6.07, 6.45) is 0.841. The van der Waals surface area contributed by atoms with Gasteiger partial charge in [0.05, 0.1) is 24.5 Å². The second-order valence-corrected chi connectivity index (χ2v) is 4.07. The molecule has 1 heterocycles. The van der Waals surface area contributed by atoms with E-state index < -0.39 is 5.97 Å². The van der Waals surface area contributed by atoms with Crippen LogP contribution in [0.3, 0.4) is 0 Å². The summed E-state index contributed by atoms with van der Waals surface area (Å²) in [6, 6.07) is 5.48. The summed E-state index contributed by atoms with van der Waals surface area (Å²) in [6.45, 7) is 4.90. The van der Waals surface area contributed by atoms with E-state index in [1.165, 1.54) is 0 Å². The van der Waals surface area contributed by atoms with Crippen molar-refractivity contribution in [2.75, 3.05) is 31.2 Å². The molecule has 1 saturated heterocycles. The summed E-state index contributed by atoms with van der Waals surface area (Å²) in [4.78, 5) is 13.4. The van der Waals surface area contributed by atoms with E-state index in [-0.39, 0.29) is 12.4 Å². The number of carbonyl (C=O) groups is 1. The maximum atomic E-state index is 11.3. The molecule has 1 aromatic carbocycles. The number of anilines is 1. The van der Waals surface area contributed by atoms with Gasteiger partial charge in [-0.05, 0) is 18.1 Å². The first kappa shape index (κ1) is 14.8. The zero-order valence-corrected chi connectivity index (χ0v) is 11.2. The van der Waals surface area contributed by atoms with E-state index >= 15 is 0 Å². The van der Waals surface area contributed by atoms with Crippen molar-refractivity contribution in [2.24, 2.45) is 0 Å². The fourth-order valence-electron chi connectivity index (χ4n) is 2.21. The number of benzene rings is 1. The Kier molecular flexibility index (Phi) is 5.44. The predicted molar refractivity (Wildman–Crippen MR) is 73.1 cm³/mol. The molecule has 1 aromatic rings. The summed E-state index contributed by atoms with van der Waals surface area (Å²) in [7, 11) is 0. The minimum absolute atomic E-state index is 0. The number of ether oxygens (including phenoxy) is 1. The van der Waals surface area contributed by atoms with Crippen LogP contribution in [0, 0.1) is 0 Å². The topological polar surface area (TPSA) is 49.8 Å². The van der Waals surface area contributed by atoms with Crippen LogP contribution in [-0.4, -0.2) is 37.4 Å². The van der Waals surface area contributed by atoms with Crippen LogP contribution in [0.25, 0.3) is 0 Å². The summed E-state index contributed by atoms with van der Waals surface area (Å²) < 4.78 is 5.31. The highest BCUT2D eigenvalue weighted by Crippen LogP contribution is 2.27. The number of carboxylic acid groups (broad SMARTS) is 1. The highest BCUT2D eigenvalue weighted by molar-refractivity contribution is 5.95. The first-order chi connectivity index (χ1) is 8.24. The van der Waals surface area contributed by atoms with Crippen LogP contribution in [0.1, 0.15) is 22.8 Å². The second-order valence-electron chi connectivity index (χ2n) is 4.07. The Balaban J connectivity index is 0.00000162. The SMILES string of the molecule is CCc1cccc(C(=O)O)c1N1CCOCC1.Cl. The van der Waals surface area contributed by atoms with Crippen molar-refractivity contribution in [2.45, 2.75) is 13.3 Å². The zero-order chi connectivity index (χ0) is 12.3. The van der Waals surface area contributed by atoms with Crippen molar-refractivity contribution >= 4 is 24.1 Å². The lowest BCUT2D eigenvalue weighted by Crippen LogP contribution is -2.37. The second kappa shape index (κ2) is 6.61. The van der Waals surface area contributed by atoms with Gasteiger partial charge in [-0.3, -0.25) is 0 Å². The number of para-hydroxylation sites is 1. The average Bonchev–Trinajstić information content (AvgIpc) is 2.38. The van der Waals surface area contributed by atoms with Gasteiger partial charge in [0.2, 0.25) is 0 Å². The molecule has 0 atom stereocenters. The molecule has 100 valence electrons. The number of aromatic carboxylic acids is 1. The minimum atomic E-state index is -0.859. The number of morpholine rings is 1. The molecule has 1 aliphatic rings. The first-order valence-electron chi connectivity index (χ1n) is 5.92. The van der Waals surface area contributed by atoms with E-state index in [1.807, 2.05) is 19.1 Å². The third-order valence-corrected chi connectivity index (χ3v) is 3.06. The van der Waals surface area contributed by atoms with Crippen molar-refractivity contribution in [1.82, 2.24) is 0 Å². The number of aryl methyl sites for hydroxylation is 1. The van der Waals surface area contributed by atoms with Crippen LogP contribution in [0.15, 0.2) is 18.2 Å². The van der Waals surface area contributed by atoms with Gasteiger partial charge in [0, 0.05) is 13.1 Å². The van der Waals surface area contributed by atoms with Crippen molar-refractivity contribution in [1.29, 1.82) is 0 Å². The van der Waals surface area contributed by atoms with Gasteiger partial charge in [0.15, 0.2) is 0 Å². The maximum Gasteiger partial charge on any atom is 0.337 e. The van der Waals surface area contributed by atoms with Crippen LogP contribution >= 0.6 is 12.4 Å². The van der Waals surface area contributed by atoms with Gasteiger partial charge in [-0.1, -0.05) is 19.1 Å². The lowest BCUT2D eigenvalue weighted by Gasteiger charge is -2.31. The molecular weight excluding hydrogens is 254 g/mol. The number of hydrogen-bond acceptors (Lipinski definition) is 3. The Hall–Kier alpha value is -1.26. The van der Waals surface area contributed by atoms with E-state index in [0.717, 1.165) is 30.8 Å². The number of nitrogens with zero attached hydrogens (tertiary/aromatic N) is 1. The third kappa shape index (κ3) is 2.94. The van der Waals surface area contributed by atoms with Gasteiger partial charge in [-0.2, -0.15) is 0 Å². The van der Waals surface area contributed by atoms with E-state index in [1.54, 1.807) is 6.07 Å². The molecule has 1 N–H and O–H groups in total. The van der Waals surface area contributed by atoms with Crippen LogP contribution in [-0.2, 0) is 11.2 Å². The predicted octanol–water partition coefficient (Wildman–Crippen LogP) is 2.21. The Bertz CT molecular complexity index is 417. The molecule has 5 heteroatoms. The lowest BCUT2D eigenvalue weighted by molar-refractivity contribution is 0.0696. The summed E-state index contributed by atoms with van der Waals surface area (Å²) in [5.41, 5.74) is 2.35. The molecule has 0 saturated carbocycles. The summed E-state index contributed by atoms with van der Waals surface area (Å²) in [5, 5.41) is 9.26. The van der Waals surface area contributed by atoms with E-state index in [4.69, 9.17) is 4.74 Å². The quantitative estimate of drug-likeness (QED) is 0.916. The molecule has 2 rings (SSSR count). The van der Waals surface area contributed by atoms with Crippen molar-refractivity contribution in [3.05, 3.63) is 29.3 Å². The highest BCUT2D eigenvalue weighted by Gasteiger charge is 2.20. The number of halogens is 1. The number of carboxylic acids is 1. The van der Waals surface area contributed by atoms with Crippen LogP contribution < -0.4 is 4.90 Å². The Morgan fingerprint density at radius 1 is 1.39 bits per heavy atom. The van der Waals surface area contributed by atoms with Crippen molar-refractivity contribution in [3.8, 4) is 0 Å². The molecule has 1 fully saturated rings. The monoisotopic (exact) mass is 271 g/mol. The third-order valence-electron chi connectivity index (χ3n) is 3.06. The molecule has 18 heavy (non-hydrogen) atoms. The van der Waals surface area contributed by atoms with Crippen molar-refractivity contribution in [3.63, 3.8) is 0 Å². The van der Waals surface area contributed by atoms with E-state index in [9.17, 15) is 9.90 Å². The van der Waals surface area contributed by atoms with Gasteiger partial charge in [0.1, 0.15) is 0 Å². The van der Waals surface area contributed by atoms with Crippen molar-refractivity contribution < 1.29 is 14.6 Å². The molecule has 0 unspecified atom stereocenters. The minimum Gasteiger partial charge on any atom is -0.478 e. The Morgan fingerprint density at radius 3 is 2.61 bits per heavy atom. The molecule has 0 amide bonds. The van der Waals surface area contributed by atoms with Crippen LogP contribution in [0.2, 0.25) is 0 Å². The smallest absolute Gasteiger partial charge is 0.337 e. The fourth-order valence-corrected chi connectivity index (χ4v) is 2.21. The van der Waals surface area contributed by atoms with E-state index in [2.05, 4.69) is 4.90 Å². The van der Waals surface area contributed by atoms with Crippen LogP contribution in [0.4, 0.5) is 5.69 Å². The molecule has 0 radical (unpaired) electrons. The molecule has 0 spiro atoms. The maximum absolute atomic E-state index is 11.3. The van der Waals surface area contributed by atoms with Gasteiger partial charge < -0.3 is 14.7 Å². The van der Waals surface area contributed by atoms with Crippen LogP contribution in [0.5, 0.6) is 0 Å². The standard InChI is InChI=1S/C13H17NO3.ClH/c1-2-10-4-3-5-11(13(15)16)12(10)14-6-8-17-9-7-14;/h3-5H,2,6-9H2,1H3,(H,15,16);1H. The summed E-state index contributed by atoms with van der Waals surface area (Å²) >= 11 is 0. The average molecular weight is 272 g/mol. The van der Waals surface area contributed by atoms with Gasteiger partial charge in [-0.15, -0.1) is 12.4 Å². The number of rotatable bonds is 3. The molecule has 0 aromatic heterocycles. The largest absolute Gasteiger partial charge is 0.478 e. The zero-order valence-electron chi connectivity index (χ0n) is 10.4. The van der Waals surface area contributed by atoms with Gasteiger partial charge in [0.25, 0.3) is 0 Å². The summed E-state index contributed by atoms with van der Waals surface area (Å²) in [5.74, 6) is -0.859. The molecule has 4 nitrogen and oxygen atoms in total. The molecule has 0 aliphatic carbocycles. The Labute approximate surface area is 113 Å². The molecular formula is C13H18ClNO3. The lowest BCUT2D eigenvalue weighted by atomic mass is 10.0. The molecule has 0 bridgehead atoms. The highest BCUT2D eigenvalue weighted by atomic mass is 35.5. The molecule has 1 aliphatic heterocycles. The van der Waals surface area contributed by atoms with E-state index in [0.29, 0.717) is 18.8 Å². The normalized spacial score (nSPS) is 15.1. The fraction of sp³-hybridized carbons (Fsp3) is 0.462. The Morgan fingerprint density at radius 2 is 2.06 bits per heavy atom. The number of hydrogen-bond donors (Lipinski definition) is 1. The van der Waals surface area contributed by atoms with Gasteiger partial charge >= 0.3 is 5.97 Å². The first-order valence-corrected chi connectivity index (χ1v) is 5.92.